The summed E-state index contributed by atoms with van der Waals surface area (Å²) in [5, 5.41) is 1.92. The zero-order valence-electron chi connectivity index (χ0n) is 7.78. The number of benzene rings is 1. The average Bonchev–Trinajstić information content (AvgIpc) is 2.14. The molecule has 0 atom stereocenters. The van der Waals surface area contributed by atoms with Crippen LogP contribution in [-0.2, 0) is 6.18 Å². The Morgan fingerprint density at radius 3 is 2.38 bits per heavy atom. The van der Waals surface area contributed by atoms with Crippen LogP contribution in [0.4, 0.5) is 27.6 Å². The van der Waals surface area contributed by atoms with E-state index in [2.05, 4.69) is 0 Å². The molecular formula is C9H7ClF5N. The second-order valence-corrected chi connectivity index (χ2v) is 3.40. The number of rotatable bonds is 3. The molecule has 0 unspecified atom stereocenters. The Bertz CT molecular complexity index is 363. The predicted molar refractivity (Wildman–Crippen MR) is 50.9 cm³/mol. The summed E-state index contributed by atoms with van der Waals surface area (Å²) >= 11 is 5.41. The lowest BCUT2D eigenvalue weighted by molar-refractivity contribution is -0.137. The molecule has 1 nitrogen and oxygen atoms in total. The smallest absolute Gasteiger partial charge is 0.379 e. The Morgan fingerprint density at radius 2 is 1.88 bits per heavy atom. The van der Waals surface area contributed by atoms with Crippen LogP contribution in [0.5, 0.6) is 0 Å². The molecule has 0 radical (unpaired) electrons. The molecule has 0 spiro atoms. The van der Waals surface area contributed by atoms with Crippen molar-refractivity contribution >= 4 is 17.3 Å². The largest absolute Gasteiger partial charge is 0.418 e. The first-order valence-corrected chi connectivity index (χ1v) is 4.57. The van der Waals surface area contributed by atoms with Crippen molar-refractivity contribution in [3.8, 4) is 0 Å². The summed E-state index contributed by atoms with van der Waals surface area (Å²) in [4.78, 5) is 0. The van der Waals surface area contributed by atoms with Gasteiger partial charge in [0.15, 0.2) is 0 Å². The first-order chi connectivity index (χ1) is 7.30. The van der Waals surface area contributed by atoms with Crippen molar-refractivity contribution in [2.24, 2.45) is 0 Å². The summed E-state index contributed by atoms with van der Waals surface area (Å²) in [6.07, 6.45) is -7.35. The summed E-state index contributed by atoms with van der Waals surface area (Å²) < 4.78 is 61.1. The van der Waals surface area contributed by atoms with Gasteiger partial charge in [-0.1, -0.05) is 11.6 Å². The SMILES string of the molecule is FC(F)CNc1ccc(Cl)cc1C(F)(F)F. The Balaban J connectivity index is 2.99. The van der Waals surface area contributed by atoms with Gasteiger partial charge in [0.05, 0.1) is 12.1 Å². The lowest BCUT2D eigenvalue weighted by atomic mass is 10.1. The summed E-state index contributed by atoms with van der Waals surface area (Å²) in [5.41, 5.74) is -1.46. The molecule has 7 heteroatoms. The standard InChI is InChI=1S/C9H7ClF5N/c10-5-1-2-7(16-4-8(11)12)6(3-5)9(13,14)15/h1-3,8,16H,4H2. The molecule has 0 heterocycles. The molecule has 0 saturated heterocycles. The summed E-state index contributed by atoms with van der Waals surface area (Å²) in [7, 11) is 0. The van der Waals surface area contributed by atoms with Crippen molar-refractivity contribution in [2.75, 3.05) is 11.9 Å². The lowest BCUT2D eigenvalue weighted by Crippen LogP contribution is -2.15. The quantitative estimate of drug-likeness (QED) is 0.808. The molecule has 0 bridgehead atoms. The molecular weight excluding hydrogens is 253 g/mol. The Labute approximate surface area is 93.2 Å². The highest BCUT2D eigenvalue weighted by atomic mass is 35.5. The van der Waals surface area contributed by atoms with Crippen LogP contribution in [0.1, 0.15) is 5.56 Å². The van der Waals surface area contributed by atoms with Crippen LogP contribution in [0, 0.1) is 0 Å². The van der Waals surface area contributed by atoms with Crippen LogP contribution in [0.2, 0.25) is 5.02 Å². The van der Waals surface area contributed by atoms with Gasteiger partial charge < -0.3 is 5.32 Å². The minimum absolute atomic E-state index is 0.102. The van der Waals surface area contributed by atoms with Crippen LogP contribution in [0.25, 0.3) is 0 Å². The third kappa shape index (κ3) is 3.52. The van der Waals surface area contributed by atoms with Crippen molar-refractivity contribution in [1.82, 2.24) is 0 Å². The van der Waals surface area contributed by atoms with Gasteiger partial charge in [0.2, 0.25) is 0 Å². The van der Waals surface area contributed by atoms with Crippen molar-refractivity contribution < 1.29 is 22.0 Å². The van der Waals surface area contributed by atoms with Gasteiger partial charge in [-0.15, -0.1) is 0 Å². The van der Waals surface area contributed by atoms with E-state index < -0.39 is 30.4 Å². The fourth-order valence-electron chi connectivity index (χ4n) is 1.09. The van der Waals surface area contributed by atoms with Gasteiger partial charge in [-0.05, 0) is 18.2 Å². The van der Waals surface area contributed by atoms with E-state index in [4.69, 9.17) is 11.6 Å². The number of halogens is 6. The number of hydrogen-bond donors (Lipinski definition) is 1. The topological polar surface area (TPSA) is 12.0 Å². The molecule has 0 aromatic heterocycles. The first kappa shape index (κ1) is 13.0. The molecule has 1 aromatic carbocycles. The van der Waals surface area contributed by atoms with Gasteiger partial charge in [0, 0.05) is 10.7 Å². The maximum atomic E-state index is 12.5. The number of nitrogens with one attached hydrogen (secondary N) is 1. The van der Waals surface area contributed by atoms with Crippen LogP contribution in [0.15, 0.2) is 18.2 Å². The second-order valence-electron chi connectivity index (χ2n) is 2.96. The molecule has 1 aromatic rings. The van der Waals surface area contributed by atoms with Gasteiger partial charge in [-0.3, -0.25) is 0 Å². The van der Waals surface area contributed by atoms with E-state index in [1.807, 2.05) is 5.32 Å². The van der Waals surface area contributed by atoms with Crippen molar-refractivity contribution in [3.05, 3.63) is 28.8 Å². The van der Waals surface area contributed by atoms with E-state index >= 15 is 0 Å². The Hall–Kier alpha value is -1.04. The predicted octanol–water partition coefficient (Wildman–Crippen LogP) is 4.04. The van der Waals surface area contributed by atoms with Gasteiger partial charge in [-0.2, -0.15) is 13.2 Å². The highest BCUT2D eigenvalue weighted by Crippen LogP contribution is 2.36. The van der Waals surface area contributed by atoms with E-state index in [1.165, 1.54) is 6.07 Å². The lowest BCUT2D eigenvalue weighted by Gasteiger charge is -2.14. The minimum Gasteiger partial charge on any atom is -0.379 e. The highest BCUT2D eigenvalue weighted by Gasteiger charge is 2.33. The third-order valence-electron chi connectivity index (χ3n) is 1.73. The van der Waals surface area contributed by atoms with Crippen molar-refractivity contribution in [1.29, 1.82) is 0 Å². The monoisotopic (exact) mass is 259 g/mol. The second kappa shape index (κ2) is 4.86. The van der Waals surface area contributed by atoms with Crippen LogP contribution >= 0.6 is 11.6 Å². The molecule has 0 saturated carbocycles. The number of anilines is 1. The normalized spacial score (nSPS) is 11.9. The molecule has 16 heavy (non-hydrogen) atoms. The number of alkyl halides is 5. The van der Waals surface area contributed by atoms with Crippen LogP contribution in [-0.4, -0.2) is 13.0 Å². The summed E-state index contributed by atoms with van der Waals surface area (Å²) in [6.45, 7) is -0.843. The Morgan fingerprint density at radius 1 is 1.25 bits per heavy atom. The van der Waals surface area contributed by atoms with E-state index in [0.717, 1.165) is 6.07 Å². The highest BCUT2D eigenvalue weighted by molar-refractivity contribution is 6.30. The fraction of sp³-hybridized carbons (Fsp3) is 0.333. The molecule has 1 rings (SSSR count). The van der Waals surface area contributed by atoms with E-state index in [-0.39, 0.29) is 5.02 Å². The van der Waals surface area contributed by atoms with Crippen molar-refractivity contribution in [2.45, 2.75) is 12.6 Å². The summed E-state index contributed by atoms with van der Waals surface area (Å²) in [5.74, 6) is 0. The Kier molecular flexibility index (Phi) is 3.96. The molecule has 1 N–H and O–H groups in total. The summed E-state index contributed by atoms with van der Waals surface area (Å²) in [6, 6.07) is 2.91. The van der Waals surface area contributed by atoms with Gasteiger partial charge in [-0.25, -0.2) is 8.78 Å². The van der Waals surface area contributed by atoms with E-state index in [9.17, 15) is 22.0 Å². The number of hydrogen-bond acceptors (Lipinski definition) is 1. The molecule has 0 aliphatic carbocycles. The first-order valence-electron chi connectivity index (χ1n) is 4.19. The fourth-order valence-corrected chi connectivity index (χ4v) is 1.26. The molecule has 90 valence electrons. The third-order valence-corrected chi connectivity index (χ3v) is 1.97. The van der Waals surface area contributed by atoms with Gasteiger partial charge in [0.25, 0.3) is 6.43 Å². The molecule has 0 fully saturated rings. The zero-order valence-corrected chi connectivity index (χ0v) is 8.54. The van der Waals surface area contributed by atoms with Gasteiger partial charge >= 0.3 is 6.18 Å². The molecule has 0 aliphatic rings. The average molecular weight is 260 g/mol. The van der Waals surface area contributed by atoms with E-state index in [1.54, 1.807) is 0 Å². The van der Waals surface area contributed by atoms with Gasteiger partial charge in [0.1, 0.15) is 0 Å². The molecule has 0 amide bonds. The maximum absolute atomic E-state index is 12.5. The maximum Gasteiger partial charge on any atom is 0.418 e. The van der Waals surface area contributed by atoms with Crippen LogP contribution in [0.3, 0.4) is 0 Å². The minimum atomic E-state index is -4.63. The van der Waals surface area contributed by atoms with E-state index in [0.29, 0.717) is 6.07 Å². The van der Waals surface area contributed by atoms with Crippen molar-refractivity contribution in [3.63, 3.8) is 0 Å². The zero-order chi connectivity index (χ0) is 12.3. The van der Waals surface area contributed by atoms with Crippen LogP contribution < -0.4 is 5.32 Å². The molecule has 0 aliphatic heterocycles.